The number of ether oxygens (including phenoxy) is 2. The van der Waals surface area contributed by atoms with Gasteiger partial charge in [-0.15, -0.1) is 0 Å². The number of nitrogens with zero attached hydrogens (tertiary/aromatic N) is 3. The Hall–Kier alpha value is -2.25. The van der Waals surface area contributed by atoms with Gasteiger partial charge >= 0.3 is 0 Å². The number of aryl methyl sites for hydroxylation is 1. The third-order valence-corrected chi connectivity index (χ3v) is 3.84. The number of morpholine rings is 1. The quantitative estimate of drug-likeness (QED) is 0.922. The molecule has 0 unspecified atom stereocenters. The van der Waals surface area contributed by atoms with Crippen molar-refractivity contribution in [3.05, 3.63) is 47.5 Å². The van der Waals surface area contributed by atoms with Crippen molar-refractivity contribution in [1.29, 1.82) is 0 Å². The summed E-state index contributed by atoms with van der Waals surface area (Å²) in [4.78, 5) is 18.9. The third-order valence-electron chi connectivity index (χ3n) is 3.84. The fourth-order valence-electron chi connectivity index (χ4n) is 2.68. The van der Waals surface area contributed by atoms with Crippen LogP contribution < -0.4 is 0 Å². The Balaban J connectivity index is 1.73. The van der Waals surface area contributed by atoms with E-state index in [9.17, 15) is 4.79 Å². The van der Waals surface area contributed by atoms with Crippen LogP contribution in [0.4, 0.5) is 0 Å². The zero-order chi connectivity index (χ0) is 16.2. The minimum Gasteiger partial charge on any atom is -0.367 e. The first-order valence-corrected chi connectivity index (χ1v) is 7.56. The molecule has 122 valence electrons. The van der Waals surface area contributed by atoms with Gasteiger partial charge in [0.15, 0.2) is 11.9 Å². The molecule has 7 nitrogen and oxygen atoms in total. The summed E-state index contributed by atoms with van der Waals surface area (Å²) in [6, 6.07) is 9.49. The number of carbonyl (C=O) groups excluding carboxylic acids is 1. The van der Waals surface area contributed by atoms with E-state index in [4.69, 9.17) is 9.47 Å². The average molecular weight is 316 g/mol. The number of hydrogen-bond acceptors (Lipinski definition) is 5. The lowest BCUT2D eigenvalue weighted by molar-refractivity contribution is -0.150. The summed E-state index contributed by atoms with van der Waals surface area (Å²) in [5.41, 5.74) is 0.844. The lowest BCUT2D eigenvalue weighted by Crippen LogP contribution is -2.45. The van der Waals surface area contributed by atoms with Crippen molar-refractivity contribution in [2.24, 2.45) is 0 Å². The molecule has 1 fully saturated rings. The van der Waals surface area contributed by atoms with Crippen molar-refractivity contribution < 1.29 is 14.3 Å². The monoisotopic (exact) mass is 316 g/mol. The van der Waals surface area contributed by atoms with Gasteiger partial charge in [0.25, 0.3) is 5.91 Å². The van der Waals surface area contributed by atoms with Gasteiger partial charge in [0.2, 0.25) is 0 Å². The van der Waals surface area contributed by atoms with E-state index in [0.717, 1.165) is 11.4 Å². The molecule has 2 heterocycles. The van der Waals surface area contributed by atoms with Crippen LogP contribution in [-0.4, -0.2) is 52.8 Å². The molecule has 1 aromatic carbocycles. The Bertz CT molecular complexity index is 658. The number of hydrogen-bond donors (Lipinski definition) is 1. The molecule has 1 aliphatic rings. The molecule has 1 N–H and O–H groups in total. The Morgan fingerprint density at radius 2 is 2.22 bits per heavy atom. The molecule has 0 bridgehead atoms. The molecule has 1 aliphatic heterocycles. The number of aromatic nitrogens is 3. The van der Waals surface area contributed by atoms with Gasteiger partial charge in [-0.3, -0.25) is 9.89 Å². The van der Waals surface area contributed by atoms with E-state index in [1.54, 1.807) is 12.0 Å². The summed E-state index contributed by atoms with van der Waals surface area (Å²) in [6.45, 7) is 3.24. The number of carbonyl (C=O) groups is 1. The van der Waals surface area contributed by atoms with E-state index in [2.05, 4.69) is 15.2 Å². The average Bonchev–Trinajstić information content (AvgIpc) is 3.03. The van der Waals surface area contributed by atoms with Crippen LogP contribution in [-0.2, 0) is 14.3 Å². The second-order valence-corrected chi connectivity index (χ2v) is 5.45. The minimum absolute atomic E-state index is 0.0701. The SMILES string of the molecule is CO[C@H](C(=O)N1CCO[C@H](c2n[nH]c(C)n2)C1)c1ccccc1. The van der Waals surface area contributed by atoms with E-state index >= 15 is 0 Å². The van der Waals surface area contributed by atoms with E-state index in [0.29, 0.717) is 25.5 Å². The van der Waals surface area contributed by atoms with Crippen molar-refractivity contribution in [2.75, 3.05) is 26.8 Å². The fourth-order valence-corrected chi connectivity index (χ4v) is 2.68. The van der Waals surface area contributed by atoms with Crippen LogP contribution in [0.25, 0.3) is 0 Å². The van der Waals surface area contributed by atoms with Crippen molar-refractivity contribution in [1.82, 2.24) is 20.1 Å². The Morgan fingerprint density at radius 3 is 2.87 bits per heavy atom. The summed E-state index contributed by atoms with van der Waals surface area (Å²) in [6.07, 6.45) is -0.922. The number of amides is 1. The normalized spacial score (nSPS) is 19.6. The van der Waals surface area contributed by atoms with Crippen molar-refractivity contribution in [2.45, 2.75) is 19.1 Å². The highest BCUT2D eigenvalue weighted by molar-refractivity contribution is 5.82. The van der Waals surface area contributed by atoms with Crippen LogP contribution in [0.15, 0.2) is 30.3 Å². The second kappa shape index (κ2) is 6.89. The van der Waals surface area contributed by atoms with Gasteiger partial charge < -0.3 is 14.4 Å². The van der Waals surface area contributed by atoms with Crippen LogP contribution in [0.3, 0.4) is 0 Å². The molecular formula is C16H20N4O3. The Kier molecular flexibility index (Phi) is 4.68. The van der Waals surface area contributed by atoms with E-state index < -0.39 is 6.10 Å². The summed E-state index contributed by atoms with van der Waals surface area (Å²) in [5.74, 6) is 1.24. The predicted molar refractivity (Wildman–Crippen MR) is 82.6 cm³/mol. The predicted octanol–water partition coefficient (Wildman–Crippen LogP) is 1.40. The maximum absolute atomic E-state index is 12.8. The highest BCUT2D eigenvalue weighted by Crippen LogP contribution is 2.24. The first kappa shape index (κ1) is 15.6. The van der Waals surface area contributed by atoms with Gasteiger partial charge in [0.05, 0.1) is 13.2 Å². The molecule has 1 saturated heterocycles. The number of nitrogens with one attached hydrogen (secondary N) is 1. The van der Waals surface area contributed by atoms with Crippen molar-refractivity contribution in [3.8, 4) is 0 Å². The third kappa shape index (κ3) is 3.40. The fraction of sp³-hybridized carbons (Fsp3) is 0.438. The summed E-state index contributed by atoms with van der Waals surface area (Å²) < 4.78 is 11.1. The highest BCUT2D eigenvalue weighted by Gasteiger charge is 2.32. The van der Waals surface area contributed by atoms with Gasteiger partial charge in [-0.05, 0) is 12.5 Å². The van der Waals surface area contributed by atoms with Crippen LogP contribution >= 0.6 is 0 Å². The molecule has 7 heteroatoms. The van der Waals surface area contributed by atoms with Gasteiger partial charge in [0.1, 0.15) is 11.9 Å². The topological polar surface area (TPSA) is 80.3 Å². The molecule has 0 spiro atoms. The smallest absolute Gasteiger partial charge is 0.256 e. The molecule has 1 aromatic heterocycles. The van der Waals surface area contributed by atoms with Gasteiger partial charge in [-0.25, -0.2) is 4.98 Å². The number of benzene rings is 1. The molecule has 1 amide bonds. The standard InChI is InChI=1S/C16H20N4O3/c1-11-17-15(19-18-11)13-10-20(8-9-23-13)16(21)14(22-2)12-6-4-3-5-7-12/h3-7,13-14H,8-10H2,1-2H3,(H,17,18,19)/t13-,14-/m0/s1. The minimum atomic E-state index is -0.608. The zero-order valence-electron chi connectivity index (χ0n) is 13.2. The number of methoxy groups -OCH3 is 1. The number of H-pyrrole nitrogens is 1. The molecule has 23 heavy (non-hydrogen) atoms. The lowest BCUT2D eigenvalue weighted by Gasteiger charge is -2.33. The molecule has 0 aliphatic carbocycles. The maximum atomic E-state index is 12.8. The number of rotatable bonds is 4. The lowest BCUT2D eigenvalue weighted by atomic mass is 10.1. The second-order valence-electron chi connectivity index (χ2n) is 5.45. The van der Waals surface area contributed by atoms with Crippen LogP contribution in [0, 0.1) is 6.92 Å². The van der Waals surface area contributed by atoms with E-state index in [1.807, 2.05) is 37.3 Å². The Labute approximate surface area is 134 Å². The molecule has 2 atom stereocenters. The maximum Gasteiger partial charge on any atom is 0.256 e. The van der Waals surface area contributed by atoms with Crippen molar-refractivity contribution >= 4 is 5.91 Å². The molecule has 0 radical (unpaired) electrons. The number of aromatic amines is 1. The Morgan fingerprint density at radius 1 is 1.43 bits per heavy atom. The van der Waals surface area contributed by atoms with Crippen LogP contribution in [0.2, 0.25) is 0 Å². The van der Waals surface area contributed by atoms with Crippen molar-refractivity contribution in [3.63, 3.8) is 0 Å². The van der Waals surface area contributed by atoms with E-state index in [1.165, 1.54) is 0 Å². The van der Waals surface area contributed by atoms with Gasteiger partial charge in [-0.2, -0.15) is 5.10 Å². The highest BCUT2D eigenvalue weighted by atomic mass is 16.5. The van der Waals surface area contributed by atoms with Gasteiger partial charge in [-0.1, -0.05) is 30.3 Å². The molecular weight excluding hydrogens is 296 g/mol. The summed E-state index contributed by atoms with van der Waals surface area (Å²) >= 11 is 0. The largest absolute Gasteiger partial charge is 0.367 e. The molecule has 2 aromatic rings. The van der Waals surface area contributed by atoms with Crippen LogP contribution in [0.5, 0.6) is 0 Å². The summed E-state index contributed by atoms with van der Waals surface area (Å²) in [7, 11) is 1.55. The first-order chi connectivity index (χ1) is 11.2. The van der Waals surface area contributed by atoms with Gasteiger partial charge in [0, 0.05) is 13.7 Å². The molecule has 3 rings (SSSR count). The summed E-state index contributed by atoms with van der Waals surface area (Å²) in [5, 5.41) is 6.93. The first-order valence-electron chi connectivity index (χ1n) is 7.56. The van der Waals surface area contributed by atoms with Crippen LogP contribution in [0.1, 0.15) is 29.4 Å². The van der Waals surface area contributed by atoms with E-state index in [-0.39, 0.29) is 12.0 Å². The zero-order valence-corrected chi connectivity index (χ0v) is 13.2. The molecule has 0 saturated carbocycles.